The van der Waals surface area contributed by atoms with E-state index < -0.39 is 0 Å². The number of aromatic nitrogens is 8. The van der Waals surface area contributed by atoms with E-state index >= 15 is 0 Å². The third-order valence-electron chi connectivity index (χ3n) is 6.73. The summed E-state index contributed by atoms with van der Waals surface area (Å²) in [5.41, 5.74) is 8.69. The number of hydrogen-bond donors (Lipinski definition) is 1. The van der Waals surface area contributed by atoms with Crippen LogP contribution in [0.25, 0.3) is 33.6 Å². The van der Waals surface area contributed by atoms with E-state index in [2.05, 4.69) is 71.7 Å². The average Bonchev–Trinajstić information content (AvgIpc) is 3.62. The van der Waals surface area contributed by atoms with Crippen LogP contribution in [-0.4, -0.2) is 39.3 Å². The van der Waals surface area contributed by atoms with E-state index in [0.29, 0.717) is 11.9 Å². The van der Waals surface area contributed by atoms with Crippen molar-refractivity contribution in [3.05, 3.63) is 66.4 Å². The second kappa shape index (κ2) is 9.31. The molecule has 6 rings (SSSR count). The smallest absolute Gasteiger partial charge is 0.228 e. The molecule has 0 atom stereocenters. The molecule has 4 heterocycles. The predicted molar refractivity (Wildman–Crippen MR) is 144 cm³/mol. The highest BCUT2D eigenvalue weighted by molar-refractivity contribution is 5.85. The molecule has 5 aromatic rings. The third-order valence-corrected chi connectivity index (χ3v) is 6.73. The van der Waals surface area contributed by atoms with E-state index in [1.807, 2.05) is 45.7 Å². The molecule has 0 radical (unpaired) electrons. The minimum Gasteiger partial charge on any atom is -0.307 e. The highest BCUT2D eigenvalue weighted by Gasteiger charge is 2.27. The van der Waals surface area contributed by atoms with Gasteiger partial charge in [0.15, 0.2) is 5.82 Å². The Kier molecular flexibility index (Phi) is 5.82. The maximum atomic E-state index is 4.94. The summed E-state index contributed by atoms with van der Waals surface area (Å²) >= 11 is 0. The Morgan fingerprint density at radius 3 is 2.51 bits per heavy atom. The first kappa shape index (κ1) is 23.1. The number of nitrogens with zero attached hydrogens (tertiary/aromatic N) is 8. The Morgan fingerprint density at radius 1 is 0.946 bits per heavy atom. The average molecular weight is 494 g/mol. The Hall–Kier alpha value is -4.27. The van der Waals surface area contributed by atoms with Gasteiger partial charge in [0.1, 0.15) is 0 Å². The maximum absolute atomic E-state index is 4.94. The van der Waals surface area contributed by atoms with Crippen molar-refractivity contribution in [2.45, 2.75) is 46.7 Å². The quantitative estimate of drug-likeness (QED) is 0.338. The van der Waals surface area contributed by atoms with Crippen LogP contribution in [0.3, 0.4) is 0 Å². The molecule has 1 aliphatic carbocycles. The zero-order valence-corrected chi connectivity index (χ0v) is 21.7. The van der Waals surface area contributed by atoms with Crippen LogP contribution in [-0.2, 0) is 33.0 Å². The van der Waals surface area contributed by atoms with Crippen LogP contribution in [0.4, 0.5) is 11.8 Å². The number of nitrogens with one attached hydrogen (secondary N) is 1. The van der Waals surface area contributed by atoms with Crippen LogP contribution in [0.1, 0.15) is 32.0 Å². The van der Waals surface area contributed by atoms with Crippen molar-refractivity contribution >= 4 is 11.8 Å². The van der Waals surface area contributed by atoms with Gasteiger partial charge in [0.25, 0.3) is 0 Å². The molecule has 0 fully saturated rings. The SMILES string of the molecule is CCn1ccc(Nc2ncc3c(n2)-c2c(nn(C)c2-c2ccc(-c4cnn(CC(C)C)c4)cc2)CC3)n1. The van der Waals surface area contributed by atoms with E-state index in [1.54, 1.807) is 0 Å². The van der Waals surface area contributed by atoms with Gasteiger partial charge >= 0.3 is 0 Å². The van der Waals surface area contributed by atoms with Crippen LogP contribution < -0.4 is 5.32 Å². The van der Waals surface area contributed by atoms with Crippen molar-refractivity contribution in [2.24, 2.45) is 13.0 Å². The fraction of sp³-hybridized carbons (Fsp3) is 0.321. The molecule has 4 aromatic heterocycles. The van der Waals surface area contributed by atoms with Gasteiger partial charge in [0, 0.05) is 61.5 Å². The van der Waals surface area contributed by atoms with Gasteiger partial charge in [-0.3, -0.25) is 14.0 Å². The molecule has 37 heavy (non-hydrogen) atoms. The van der Waals surface area contributed by atoms with Gasteiger partial charge in [-0.05, 0) is 36.8 Å². The highest BCUT2D eigenvalue weighted by atomic mass is 15.3. The topological polar surface area (TPSA) is 91.3 Å². The highest BCUT2D eigenvalue weighted by Crippen LogP contribution is 2.40. The lowest BCUT2D eigenvalue weighted by molar-refractivity contribution is 0.483. The summed E-state index contributed by atoms with van der Waals surface area (Å²) in [7, 11) is 2.01. The number of anilines is 2. The molecule has 9 nitrogen and oxygen atoms in total. The minimum atomic E-state index is 0.538. The van der Waals surface area contributed by atoms with Crippen LogP contribution in [0.2, 0.25) is 0 Å². The molecule has 0 bridgehead atoms. The van der Waals surface area contributed by atoms with Gasteiger partial charge in [0.05, 0.1) is 23.3 Å². The molecule has 0 aliphatic heterocycles. The van der Waals surface area contributed by atoms with Gasteiger partial charge in [0.2, 0.25) is 5.95 Å². The van der Waals surface area contributed by atoms with Crippen molar-refractivity contribution in [1.82, 2.24) is 39.3 Å². The fourth-order valence-electron chi connectivity index (χ4n) is 4.98. The zero-order chi connectivity index (χ0) is 25.5. The van der Waals surface area contributed by atoms with Crippen LogP contribution in [0.15, 0.2) is 55.1 Å². The predicted octanol–water partition coefficient (Wildman–Crippen LogP) is 5.12. The summed E-state index contributed by atoms with van der Waals surface area (Å²) in [6.45, 7) is 8.19. The van der Waals surface area contributed by atoms with Crippen LogP contribution >= 0.6 is 0 Å². The van der Waals surface area contributed by atoms with Crippen molar-refractivity contribution in [1.29, 1.82) is 0 Å². The first-order valence-electron chi connectivity index (χ1n) is 12.8. The lowest BCUT2D eigenvalue weighted by Gasteiger charge is -2.17. The van der Waals surface area contributed by atoms with Crippen molar-refractivity contribution < 1.29 is 0 Å². The molecule has 188 valence electrons. The van der Waals surface area contributed by atoms with E-state index in [0.717, 1.165) is 76.6 Å². The molecule has 0 saturated heterocycles. The molecule has 1 N–H and O–H groups in total. The number of fused-ring (bicyclic) bond motifs is 3. The summed E-state index contributed by atoms with van der Waals surface area (Å²) in [5.74, 6) is 1.83. The fourth-order valence-corrected chi connectivity index (χ4v) is 4.98. The Labute approximate surface area is 216 Å². The molecule has 0 saturated carbocycles. The molecule has 0 unspecified atom stereocenters. The van der Waals surface area contributed by atoms with E-state index in [-0.39, 0.29) is 0 Å². The number of aryl methyl sites for hydroxylation is 4. The third kappa shape index (κ3) is 4.41. The first-order chi connectivity index (χ1) is 18.0. The summed E-state index contributed by atoms with van der Waals surface area (Å²) < 4.78 is 5.87. The molecular formula is C28H31N9. The lowest BCUT2D eigenvalue weighted by Crippen LogP contribution is -2.08. The number of benzene rings is 1. The first-order valence-corrected chi connectivity index (χ1v) is 12.8. The van der Waals surface area contributed by atoms with Gasteiger partial charge < -0.3 is 5.32 Å². The molecular weight excluding hydrogens is 462 g/mol. The second-order valence-corrected chi connectivity index (χ2v) is 9.97. The van der Waals surface area contributed by atoms with Crippen LogP contribution in [0.5, 0.6) is 0 Å². The molecule has 1 aliphatic rings. The van der Waals surface area contributed by atoms with Crippen molar-refractivity contribution in [2.75, 3.05) is 5.32 Å². The maximum Gasteiger partial charge on any atom is 0.228 e. The summed E-state index contributed by atoms with van der Waals surface area (Å²) in [6, 6.07) is 10.6. The Morgan fingerprint density at radius 2 is 1.76 bits per heavy atom. The van der Waals surface area contributed by atoms with E-state index in [1.165, 1.54) is 0 Å². The Bertz CT molecular complexity index is 1550. The molecule has 1 aromatic carbocycles. The van der Waals surface area contributed by atoms with Gasteiger partial charge in [-0.2, -0.15) is 15.3 Å². The lowest BCUT2D eigenvalue weighted by atomic mass is 9.91. The number of hydrogen-bond acceptors (Lipinski definition) is 6. The van der Waals surface area contributed by atoms with Gasteiger partial charge in [-0.15, -0.1) is 0 Å². The molecule has 9 heteroatoms. The van der Waals surface area contributed by atoms with E-state index in [4.69, 9.17) is 10.1 Å². The van der Waals surface area contributed by atoms with Crippen LogP contribution in [0, 0.1) is 5.92 Å². The summed E-state index contributed by atoms with van der Waals surface area (Å²) in [6.07, 6.45) is 9.68. The summed E-state index contributed by atoms with van der Waals surface area (Å²) in [4.78, 5) is 9.50. The summed E-state index contributed by atoms with van der Waals surface area (Å²) in [5, 5.41) is 17.2. The second-order valence-electron chi connectivity index (χ2n) is 9.97. The largest absolute Gasteiger partial charge is 0.307 e. The van der Waals surface area contributed by atoms with Crippen molar-refractivity contribution in [3.8, 4) is 33.6 Å². The number of rotatable bonds is 7. The monoisotopic (exact) mass is 493 g/mol. The molecule has 0 amide bonds. The van der Waals surface area contributed by atoms with E-state index in [9.17, 15) is 0 Å². The molecule has 0 spiro atoms. The van der Waals surface area contributed by atoms with Gasteiger partial charge in [-0.25, -0.2) is 9.97 Å². The van der Waals surface area contributed by atoms with Crippen molar-refractivity contribution in [3.63, 3.8) is 0 Å². The Balaban J connectivity index is 1.34. The standard InChI is InChI=1S/C28H31N9/c1-5-36-13-12-24(34-36)31-28-29-14-21-10-11-23-25(26(21)32-28)27(35(4)33-23)20-8-6-19(7-9-20)22-15-30-37(17-22)16-18(2)3/h6-9,12-15,17-18H,5,10-11,16H2,1-4H3,(H,29,31,32,34). The normalized spacial score (nSPS) is 12.6. The minimum absolute atomic E-state index is 0.538. The van der Waals surface area contributed by atoms with Gasteiger partial charge in [-0.1, -0.05) is 38.1 Å². The zero-order valence-electron chi connectivity index (χ0n) is 21.7.